The maximum atomic E-state index is 8.44. The molecule has 13 heavy (non-hydrogen) atoms. The lowest BCUT2D eigenvalue weighted by molar-refractivity contribution is 0.124. The van der Waals surface area contributed by atoms with Crippen LogP contribution in [-0.4, -0.2) is 28.0 Å². The first-order valence-corrected chi connectivity index (χ1v) is 4.24. The van der Waals surface area contributed by atoms with E-state index in [9.17, 15) is 0 Å². The van der Waals surface area contributed by atoms with Crippen LogP contribution in [0, 0.1) is 11.3 Å². The van der Waals surface area contributed by atoms with Crippen LogP contribution >= 0.6 is 0 Å². The van der Waals surface area contributed by atoms with Gasteiger partial charge in [-0.25, -0.2) is 9.67 Å². The van der Waals surface area contributed by atoms with Gasteiger partial charge in [-0.05, 0) is 6.42 Å². The molecular weight excluding hydrogens is 168 g/mol. The highest BCUT2D eigenvalue weighted by atomic mass is 16.5. The summed E-state index contributed by atoms with van der Waals surface area (Å²) in [6.45, 7) is 4.08. The average Bonchev–Trinajstić information content (AvgIpc) is 2.60. The van der Waals surface area contributed by atoms with E-state index in [1.54, 1.807) is 4.68 Å². The fourth-order valence-corrected chi connectivity index (χ4v) is 0.858. The molecule has 70 valence electrons. The Morgan fingerprint density at radius 1 is 1.62 bits per heavy atom. The number of nitrogens with zero attached hydrogens (tertiary/aromatic N) is 4. The van der Waals surface area contributed by atoms with Gasteiger partial charge in [-0.2, -0.15) is 5.26 Å². The van der Waals surface area contributed by atoms with Crippen molar-refractivity contribution < 1.29 is 4.74 Å². The minimum Gasteiger partial charge on any atom is -0.380 e. The van der Waals surface area contributed by atoms with Crippen molar-refractivity contribution in [3.05, 3.63) is 12.2 Å². The Morgan fingerprint density at radius 3 is 3.08 bits per heavy atom. The summed E-state index contributed by atoms with van der Waals surface area (Å²) in [5.41, 5.74) is 0. The molecule has 5 nitrogen and oxygen atoms in total. The number of hydrogen-bond acceptors (Lipinski definition) is 4. The molecule has 0 aromatic carbocycles. The van der Waals surface area contributed by atoms with Crippen molar-refractivity contribution in [2.24, 2.45) is 0 Å². The molecule has 0 N–H and O–H groups in total. The Balaban J connectivity index is 2.25. The Kier molecular flexibility index (Phi) is 3.93. The van der Waals surface area contributed by atoms with Gasteiger partial charge in [-0.3, -0.25) is 0 Å². The van der Waals surface area contributed by atoms with Gasteiger partial charge in [0, 0.05) is 6.61 Å². The van der Waals surface area contributed by atoms with E-state index in [1.807, 2.05) is 6.07 Å². The van der Waals surface area contributed by atoms with Gasteiger partial charge >= 0.3 is 0 Å². The third kappa shape index (κ3) is 3.22. The largest absolute Gasteiger partial charge is 0.380 e. The highest BCUT2D eigenvalue weighted by Crippen LogP contribution is 1.88. The Hall–Kier alpha value is -1.41. The van der Waals surface area contributed by atoms with Crippen molar-refractivity contribution in [2.75, 3.05) is 13.2 Å². The molecule has 0 saturated carbocycles. The molecule has 0 aliphatic carbocycles. The summed E-state index contributed by atoms with van der Waals surface area (Å²) in [6, 6.07) is 1.87. The van der Waals surface area contributed by atoms with Gasteiger partial charge in [-0.1, -0.05) is 6.92 Å². The van der Waals surface area contributed by atoms with Crippen LogP contribution in [0.4, 0.5) is 0 Å². The number of aromatic nitrogens is 3. The van der Waals surface area contributed by atoms with Gasteiger partial charge in [-0.15, -0.1) is 5.10 Å². The summed E-state index contributed by atoms with van der Waals surface area (Å²) in [4.78, 5) is 3.77. The molecule has 1 heterocycles. The number of hydrogen-bond donors (Lipinski definition) is 0. The van der Waals surface area contributed by atoms with E-state index in [0.717, 1.165) is 13.0 Å². The summed E-state index contributed by atoms with van der Waals surface area (Å²) >= 11 is 0. The summed E-state index contributed by atoms with van der Waals surface area (Å²) in [6.07, 6.45) is 2.55. The van der Waals surface area contributed by atoms with Crippen LogP contribution in [0.15, 0.2) is 6.33 Å². The maximum absolute atomic E-state index is 8.44. The first-order valence-electron chi connectivity index (χ1n) is 4.24. The second kappa shape index (κ2) is 5.27. The van der Waals surface area contributed by atoms with Crippen LogP contribution < -0.4 is 0 Å². The van der Waals surface area contributed by atoms with E-state index in [0.29, 0.717) is 13.2 Å². The minimum absolute atomic E-state index is 0.204. The predicted octanol–water partition coefficient (Wildman–Crippen LogP) is 0.576. The fraction of sp³-hybridized carbons (Fsp3) is 0.625. The summed E-state index contributed by atoms with van der Waals surface area (Å²) in [5, 5.41) is 12.3. The highest BCUT2D eigenvalue weighted by Gasteiger charge is 1.97. The SMILES string of the molecule is CCCOCCn1cnc(C#N)n1. The quantitative estimate of drug-likeness (QED) is 0.621. The van der Waals surface area contributed by atoms with E-state index in [4.69, 9.17) is 10.00 Å². The van der Waals surface area contributed by atoms with Gasteiger partial charge in [0.1, 0.15) is 12.4 Å². The molecule has 1 aromatic rings. The molecule has 1 rings (SSSR count). The summed E-state index contributed by atoms with van der Waals surface area (Å²) in [5.74, 6) is 0.204. The number of ether oxygens (including phenoxy) is 1. The van der Waals surface area contributed by atoms with Crippen LogP contribution in [0.5, 0.6) is 0 Å². The van der Waals surface area contributed by atoms with E-state index >= 15 is 0 Å². The zero-order valence-electron chi connectivity index (χ0n) is 7.60. The van der Waals surface area contributed by atoms with Crippen molar-refractivity contribution in [2.45, 2.75) is 19.9 Å². The van der Waals surface area contributed by atoms with Crippen molar-refractivity contribution in [3.8, 4) is 6.07 Å². The number of nitriles is 1. The molecule has 5 heteroatoms. The predicted molar refractivity (Wildman–Crippen MR) is 45.8 cm³/mol. The molecule has 0 aliphatic rings. The molecule has 0 saturated heterocycles. The second-order valence-corrected chi connectivity index (χ2v) is 2.56. The van der Waals surface area contributed by atoms with Gasteiger partial charge < -0.3 is 4.74 Å². The van der Waals surface area contributed by atoms with Crippen LogP contribution in [0.2, 0.25) is 0 Å². The monoisotopic (exact) mass is 180 g/mol. The smallest absolute Gasteiger partial charge is 0.252 e. The van der Waals surface area contributed by atoms with Gasteiger partial charge in [0.15, 0.2) is 0 Å². The molecule has 1 aromatic heterocycles. The lowest BCUT2D eigenvalue weighted by Gasteiger charge is -2.00. The first-order chi connectivity index (χ1) is 6.36. The van der Waals surface area contributed by atoms with Gasteiger partial charge in [0.25, 0.3) is 5.82 Å². The van der Waals surface area contributed by atoms with Gasteiger partial charge in [0.2, 0.25) is 0 Å². The average molecular weight is 180 g/mol. The van der Waals surface area contributed by atoms with E-state index in [1.165, 1.54) is 6.33 Å². The normalized spacial score (nSPS) is 9.85. The molecule has 0 radical (unpaired) electrons. The lowest BCUT2D eigenvalue weighted by Crippen LogP contribution is -2.07. The highest BCUT2D eigenvalue weighted by molar-refractivity contribution is 5.05. The molecule has 0 atom stereocenters. The topological polar surface area (TPSA) is 63.7 Å². The van der Waals surface area contributed by atoms with Crippen molar-refractivity contribution >= 4 is 0 Å². The summed E-state index contributed by atoms with van der Waals surface area (Å²) in [7, 11) is 0. The van der Waals surface area contributed by atoms with Crippen LogP contribution in [-0.2, 0) is 11.3 Å². The Bertz CT molecular complexity index is 289. The third-order valence-corrected chi connectivity index (χ3v) is 1.45. The zero-order valence-corrected chi connectivity index (χ0v) is 7.60. The van der Waals surface area contributed by atoms with Crippen molar-refractivity contribution in [3.63, 3.8) is 0 Å². The van der Waals surface area contributed by atoms with Crippen molar-refractivity contribution in [1.82, 2.24) is 14.8 Å². The number of rotatable bonds is 5. The van der Waals surface area contributed by atoms with E-state index < -0.39 is 0 Å². The molecule has 0 bridgehead atoms. The molecular formula is C8H12N4O. The maximum Gasteiger partial charge on any atom is 0.252 e. The van der Waals surface area contributed by atoms with Gasteiger partial charge in [0.05, 0.1) is 13.2 Å². The zero-order chi connectivity index (χ0) is 9.52. The van der Waals surface area contributed by atoms with Crippen LogP contribution in [0.3, 0.4) is 0 Å². The molecule has 0 spiro atoms. The van der Waals surface area contributed by atoms with Crippen LogP contribution in [0.1, 0.15) is 19.2 Å². The third-order valence-electron chi connectivity index (χ3n) is 1.45. The second-order valence-electron chi connectivity index (χ2n) is 2.56. The molecule has 0 fully saturated rings. The molecule has 0 aliphatic heterocycles. The fourth-order valence-electron chi connectivity index (χ4n) is 0.858. The summed E-state index contributed by atoms with van der Waals surface area (Å²) < 4.78 is 6.86. The Morgan fingerprint density at radius 2 is 2.46 bits per heavy atom. The first kappa shape index (κ1) is 9.68. The molecule has 0 unspecified atom stereocenters. The molecule has 0 amide bonds. The standard InChI is InChI=1S/C8H12N4O/c1-2-4-13-5-3-12-7-10-8(6-9)11-12/h7H,2-5H2,1H3. The lowest BCUT2D eigenvalue weighted by atomic mass is 10.5. The van der Waals surface area contributed by atoms with Crippen molar-refractivity contribution in [1.29, 1.82) is 5.26 Å². The minimum atomic E-state index is 0.204. The van der Waals surface area contributed by atoms with Crippen LogP contribution in [0.25, 0.3) is 0 Å². The Labute approximate surface area is 77.0 Å². The van der Waals surface area contributed by atoms with E-state index in [-0.39, 0.29) is 5.82 Å². The van der Waals surface area contributed by atoms with E-state index in [2.05, 4.69) is 17.0 Å².